The normalized spacial score (nSPS) is 22.0. The molecule has 0 radical (unpaired) electrons. The average molecular weight is 414 g/mol. The van der Waals surface area contributed by atoms with Gasteiger partial charge in [-0.1, -0.05) is 30.3 Å². The number of phenolic OH excluding ortho intramolecular Hbond substituents is 2. The van der Waals surface area contributed by atoms with Crippen LogP contribution in [0.1, 0.15) is 23.2 Å². The maximum absolute atomic E-state index is 13.1. The van der Waals surface area contributed by atoms with Gasteiger partial charge in [-0.3, -0.25) is 4.79 Å². The van der Waals surface area contributed by atoms with Crippen molar-refractivity contribution in [3.63, 3.8) is 0 Å². The predicted molar refractivity (Wildman–Crippen MR) is 117 cm³/mol. The molecule has 6 nitrogen and oxygen atoms in total. The lowest BCUT2D eigenvalue weighted by molar-refractivity contribution is -0.120. The summed E-state index contributed by atoms with van der Waals surface area (Å²) in [5, 5.41) is 22.3. The fourth-order valence-corrected chi connectivity index (χ4v) is 4.48. The van der Waals surface area contributed by atoms with Gasteiger partial charge in [0.25, 0.3) is 0 Å². The first-order valence-corrected chi connectivity index (χ1v) is 10.2. The molecule has 2 aromatic carbocycles. The van der Waals surface area contributed by atoms with Gasteiger partial charge in [-0.25, -0.2) is 4.98 Å². The molecule has 31 heavy (non-hydrogen) atoms. The molecule has 1 fully saturated rings. The minimum absolute atomic E-state index is 0.119. The Morgan fingerprint density at radius 2 is 1.55 bits per heavy atom. The molecule has 3 aromatic rings. The minimum Gasteiger partial charge on any atom is -0.508 e. The van der Waals surface area contributed by atoms with Gasteiger partial charge >= 0.3 is 0 Å². The van der Waals surface area contributed by atoms with Crippen LogP contribution in [0.2, 0.25) is 0 Å². The number of rotatable bonds is 4. The van der Waals surface area contributed by atoms with Gasteiger partial charge in [-0.15, -0.1) is 0 Å². The second-order valence-electron chi connectivity index (χ2n) is 7.96. The molecule has 3 heterocycles. The summed E-state index contributed by atoms with van der Waals surface area (Å²) in [5.74, 6) is 0.437. The number of anilines is 1. The Balaban J connectivity index is 1.52. The molecule has 5 rings (SSSR count). The zero-order valence-electron chi connectivity index (χ0n) is 16.9. The highest BCUT2D eigenvalue weighted by Gasteiger charge is 2.50. The number of fused-ring (bicyclic) bond motifs is 2. The van der Waals surface area contributed by atoms with E-state index in [0.717, 1.165) is 28.0 Å². The number of hydrogen-bond donors (Lipinski definition) is 3. The lowest BCUT2D eigenvalue weighted by atomic mass is 9.78. The third-order valence-electron chi connectivity index (χ3n) is 5.87. The number of phenols is 2. The Morgan fingerprint density at radius 3 is 2.16 bits per heavy atom. The van der Waals surface area contributed by atoms with Crippen molar-refractivity contribution in [2.45, 2.75) is 25.6 Å². The molecule has 1 amide bonds. The van der Waals surface area contributed by atoms with Gasteiger partial charge in [0.15, 0.2) is 0 Å². The molecule has 0 aliphatic carbocycles. The zero-order chi connectivity index (χ0) is 21.5. The lowest BCUT2D eigenvalue weighted by Gasteiger charge is -2.24. The highest BCUT2D eigenvalue weighted by atomic mass is 16.5. The van der Waals surface area contributed by atoms with Crippen molar-refractivity contribution < 1.29 is 19.7 Å². The topological polar surface area (TPSA) is 91.7 Å². The van der Waals surface area contributed by atoms with Crippen LogP contribution in [-0.2, 0) is 9.53 Å². The Kier molecular flexibility index (Phi) is 4.71. The van der Waals surface area contributed by atoms with Gasteiger partial charge in [0.1, 0.15) is 17.3 Å². The van der Waals surface area contributed by atoms with E-state index in [-0.39, 0.29) is 29.4 Å². The first-order chi connectivity index (χ1) is 15.0. The molecule has 3 N–H and O–H groups in total. The molecule has 156 valence electrons. The standard InChI is InChI=1S/C25H22N2O4/c1-14-3-2-4-21(26-14)27-25(30)19-13-20-22(15-5-9-17(28)10-6-15)23(24(19)31-20)16-7-11-18(29)12-8-16/h2-12,19-20,24,28-29H,13H2,1H3,(H,26,27,30). The second-order valence-corrected chi connectivity index (χ2v) is 7.96. The maximum Gasteiger partial charge on any atom is 0.231 e. The number of nitrogens with one attached hydrogen (secondary N) is 1. The van der Waals surface area contributed by atoms with Crippen LogP contribution in [0.4, 0.5) is 5.82 Å². The van der Waals surface area contributed by atoms with E-state index in [1.807, 2.05) is 43.3 Å². The van der Waals surface area contributed by atoms with Crippen molar-refractivity contribution in [3.8, 4) is 11.5 Å². The molecule has 1 aromatic heterocycles. The number of aryl methyl sites for hydroxylation is 1. The maximum atomic E-state index is 13.1. The van der Waals surface area contributed by atoms with Gasteiger partial charge in [-0.05, 0) is 72.0 Å². The van der Waals surface area contributed by atoms with Crippen LogP contribution in [-0.4, -0.2) is 33.3 Å². The van der Waals surface area contributed by atoms with Gasteiger partial charge in [0, 0.05) is 5.69 Å². The Morgan fingerprint density at radius 1 is 0.935 bits per heavy atom. The summed E-state index contributed by atoms with van der Waals surface area (Å²) in [7, 11) is 0. The summed E-state index contributed by atoms with van der Waals surface area (Å²) in [6.07, 6.45) is -0.0529. The van der Waals surface area contributed by atoms with E-state index < -0.39 is 6.10 Å². The van der Waals surface area contributed by atoms with E-state index in [9.17, 15) is 15.0 Å². The molecule has 6 heteroatoms. The van der Waals surface area contributed by atoms with Gasteiger partial charge in [0.2, 0.25) is 5.91 Å². The van der Waals surface area contributed by atoms with Crippen molar-refractivity contribution in [2.75, 3.05) is 5.32 Å². The third-order valence-corrected chi connectivity index (χ3v) is 5.87. The molecular weight excluding hydrogens is 392 g/mol. The van der Waals surface area contributed by atoms with Crippen molar-refractivity contribution >= 4 is 22.9 Å². The number of aromatic nitrogens is 1. The van der Waals surface area contributed by atoms with E-state index >= 15 is 0 Å². The molecule has 2 aliphatic rings. The largest absolute Gasteiger partial charge is 0.508 e. The first kappa shape index (κ1) is 19.3. The first-order valence-electron chi connectivity index (χ1n) is 10.2. The SMILES string of the molecule is Cc1cccc(NC(=O)C2CC3OC2C(c2ccc(O)cc2)=C3c2ccc(O)cc2)n1. The average Bonchev–Trinajstić information content (AvgIpc) is 3.34. The zero-order valence-corrected chi connectivity index (χ0v) is 16.9. The summed E-state index contributed by atoms with van der Waals surface area (Å²) in [6, 6.07) is 19.5. The summed E-state index contributed by atoms with van der Waals surface area (Å²) in [6.45, 7) is 1.88. The summed E-state index contributed by atoms with van der Waals surface area (Å²) < 4.78 is 6.28. The second kappa shape index (κ2) is 7.56. The van der Waals surface area contributed by atoms with Crippen molar-refractivity contribution in [1.29, 1.82) is 0 Å². The van der Waals surface area contributed by atoms with Crippen molar-refractivity contribution in [2.24, 2.45) is 5.92 Å². The summed E-state index contributed by atoms with van der Waals surface area (Å²) >= 11 is 0. The molecule has 3 unspecified atom stereocenters. The fourth-order valence-electron chi connectivity index (χ4n) is 4.48. The predicted octanol–water partition coefficient (Wildman–Crippen LogP) is 4.14. The summed E-state index contributed by atoms with van der Waals surface area (Å²) in [4.78, 5) is 17.5. The smallest absolute Gasteiger partial charge is 0.231 e. The number of carbonyl (C=O) groups is 1. The van der Waals surface area contributed by atoms with Gasteiger partial charge in [0.05, 0.1) is 18.1 Å². The molecule has 2 aliphatic heterocycles. The number of hydrogen-bond acceptors (Lipinski definition) is 5. The van der Waals surface area contributed by atoms with E-state index in [4.69, 9.17) is 4.74 Å². The number of carbonyl (C=O) groups excluding carboxylic acids is 1. The van der Waals surface area contributed by atoms with Crippen LogP contribution in [0, 0.1) is 12.8 Å². The molecule has 3 atom stereocenters. The van der Waals surface area contributed by atoms with Crippen LogP contribution in [0.25, 0.3) is 11.1 Å². The number of benzene rings is 2. The number of amides is 1. The molecule has 0 saturated carbocycles. The van der Waals surface area contributed by atoms with Crippen LogP contribution >= 0.6 is 0 Å². The number of ether oxygens (including phenoxy) is 1. The van der Waals surface area contributed by atoms with Gasteiger partial charge in [-0.2, -0.15) is 0 Å². The van der Waals surface area contributed by atoms with E-state index in [1.54, 1.807) is 30.3 Å². The van der Waals surface area contributed by atoms with Crippen molar-refractivity contribution in [3.05, 3.63) is 83.6 Å². The summed E-state index contributed by atoms with van der Waals surface area (Å²) in [5.41, 5.74) is 4.65. The van der Waals surface area contributed by atoms with Crippen LogP contribution in [0.5, 0.6) is 11.5 Å². The third kappa shape index (κ3) is 3.55. The number of nitrogens with zero attached hydrogens (tertiary/aromatic N) is 1. The molecule has 2 bridgehead atoms. The number of pyridine rings is 1. The van der Waals surface area contributed by atoms with Crippen LogP contribution < -0.4 is 5.32 Å². The van der Waals surface area contributed by atoms with Crippen LogP contribution in [0.3, 0.4) is 0 Å². The molecular formula is C25H22N2O4. The van der Waals surface area contributed by atoms with Crippen LogP contribution in [0.15, 0.2) is 66.7 Å². The minimum atomic E-state index is -0.400. The van der Waals surface area contributed by atoms with E-state index in [2.05, 4.69) is 10.3 Å². The lowest BCUT2D eigenvalue weighted by Crippen LogP contribution is -2.32. The fraction of sp³-hybridized carbons (Fsp3) is 0.200. The monoisotopic (exact) mass is 414 g/mol. The van der Waals surface area contributed by atoms with E-state index in [0.29, 0.717) is 12.2 Å². The highest BCUT2D eigenvalue weighted by molar-refractivity contribution is 6.02. The van der Waals surface area contributed by atoms with Crippen molar-refractivity contribution in [1.82, 2.24) is 4.98 Å². The molecule has 0 spiro atoms. The Labute approximate surface area is 179 Å². The highest BCUT2D eigenvalue weighted by Crippen LogP contribution is 2.51. The molecule has 1 saturated heterocycles. The quantitative estimate of drug-likeness (QED) is 0.597. The van der Waals surface area contributed by atoms with Gasteiger partial charge < -0.3 is 20.3 Å². The number of aromatic hydroxyl groups is 2. The van der Waals surface area contributed by atoms with E-state index in [1.165, 1.54) is 0 Å². The Hall–Kier alpha value is -3.64. The Bertz CT molecular complexity index is 1170.